The molecule has 0 bridgehead atoms. The first-order valence-corrected chi connectivity index (χ1v) is 4.54. The van der Waals surface area contributed by atoms with E-state index in [2.05, 4.69) is 15.9 Å². The van der Waals surface area contributed by atoms with E-state index in [0.717, 1.165) is 12.1 Å². The summed E-state index contributed by atoms with van der Waals surface area (Å²) in [5, 5.41) is 0. The van der Waals surface area contributed by atoms with Crippen LogP contribution in [0.5, 0.6) is 0 Å². The Morgan fingerprint density at radius 3 is 2.23 bits per heavy atom. The van der Waals surface area contributed by atoms with Gasteiger partial charge in [-0.2, -0.15) is 0 Å². The van der Waals surface area contributed by atoms with Gasteiger partial charge in [0.1, 0.15) is 22.2 Å². The van der Waals surface area contributed by atoms with Crippen LogP contribution in [0.4, 0.5) is 8.78 Å². The Morgan fingerprint density at radius 2 is 1.85 bits per heavy atom. The van der Waals surface area contributed by atoms with Gasteiger partial charge in [-0.25, -0.2) is 8.78 Å². The van der Waals surface area contributed by atoms with Crippen molar-refractivity contribution in [2.24, 2.45) is 0 Å². The maximum atomic E-state index is 13.0. The van der Waals surface area contributed by atoms with Crippen LogP contribution < -0.4 is 0 Å². The molecule has 1 nitrogen and oxygen atoms in total. The van der Waals surface area contributed by atoms with Crippen LogP contribution in [0.25, 0.3) is 0 Å². The number of halogens is 3. The van der Waals surface area contributed by atoms with Gasteiger partial charge in [0, 0.05) is 5.56 Å². The van der Waals surface area contributed by atoms with Crippen molar-refractivity contribution in [1.29, 1.82) is 0 Å². The fourth-order valence-corrected chi connectivity index (χ4v) is 1.39. The summed E-state index contributed by atoms with van der Waals surface area (Å²) >= 11 is 2.92. The molecule has 0 amide bonds. The van der Waals surface area contributed by atoms with Crippen LogP contribution in [0, 0.1) is 11.6 Å². The average molecular weight is 249 g/mol. The summed E-state index contributed by atoms with van der Waals surface area (Å²) in [7, 11) is 0. The summed E-state index contributed by atoms with van der Waals surface area (Å²) in [5.41, 5.74) is -0.227. The van der Waals surface area contributed by atoms with Gasteiger partial charge in [0.25, 0.3) is 0 Å². The Morgan fingerprint density at radius 1 is 1.38 bits per heavy atom. The molecule has 1 aromatic rings. The molecule has 4 heteroatoms. The van der Waals surface area contributed by atoms with Gasteiger partial charge in [-0.05, 0) is 19.1 Å². The SMILES string of the molecule is CC(=O)C(Br)c1c(F)cccc1F. The maximum absolute atomic E-state index is 13.0. The van der Waals surface area contributed by atoms with Crippen molar-refractivity contribution in [3.63, 3.8) is 0 Å². The normalized spacial score (nSPS) is 12.6. The number of alkyl halides is 1. The molecule has 0 heterocycles. The van der Waals surface area contributed by atoms with Crippen LogP contribution in [-0.2, 0) is 4.79 Å². The van der Waals surface area contributed by atoms with Gasteiger partial charge in [-0.15, -0.1) is 0 Å². The molecule has 1 rings (SSSR count). The highest BCUT2D eigenvalue weighted by Crippen LogP contribution is 2.28. The van der Waals surface area contributed by atoms with Crippen LogP contribution in [0.2, 0.25) is 0 Å². The molecule has 0 saturated heterocycles. The van der Waals surface area contributed by atoms with Crippen molar-refractivity contribution in [3.05, 3.63) is 35.4 Å². The fraction of sp³-hybridized carbons (Fsp3) is 0.222. The van der Waals surface area contributed by atoms with E-state index in [1.807, 2.05) is 0 Å². The fourth-order valence-electron chi connectivity index (χ4n) is 0.956. The molecule has 1 atom stereocenters. The van der Waals surface area contributed by atoms with E-state index in [1.165, 1.54) is 13.0 Å². The van der Waals surface area contributed by atoms with Crippen LogP contribution in [-0.4, -0.2) is 5.78 Å². The third-order valence-corrected chi connectivity index (χ3v) is 2.71. The summed E-state index contributed by atoms with van der Waals surface area (Å²) in [6.07, 6.45) is 0. The Labute approximate surface area is 82.9 Å². The lowest BCUT2D eigenvalue weighted by molar-refractivity contribution is -0.116. The van der Waals surface area contributed by atoms with Gasteiger partial charge >= 0.3 is 0 Å². The largest absolute Gasteiger partial charge is 0.298 e. The second-order valence-electron chi connectivity index (χ2n) is 2.61. The van der Waals surface area contributed by atoms with Crippen molar-refractivity contribution < 1.29 is 13.6 Å². The Hall–Kier alpha value is -0.770. The van der Waals surface area contributed by atoms with Crippen LogP contribution >= 0.6 is 15.9 Å². The topological polar surface area (TPSA) is 17.1 Å². The molecule has 1 aromatic carbocycles. The molecular weight excluding hydrogens is 242 g/mol. The van der Waals surface area contributed by atoms with Crippen molar-refractivity contribution in [3.8, 4) is 0 Å². The lowest BCUT2D eigenvalue weighted by atomic mass is 10.1. The number of carbonyl (C=O) groups is 1. The highest BCUT2D eigenvalue weighted by Gasteiger charge is 2.20. The second-order valence-corrected chi connectivity index (χ2v) is 3.52. The predicted molar refractivity (Wildman–Crippen MR) is 48.7 cm³/mol. The Kier molecular flexibility index (Phi) is 3.14. The quantitative estimate of drug-likeness (QED) is 0.736. The molecule has 0 saturated carbocycles. The van der Waals surface area contributed by atoms with E-state index in [4.69, 9.17) is 0 Å². The summed E-state index contributed by atoms with van der Waals surface area (Å²) < 4.78 is 26.1. The highest BCUT2D eigenvalue weighted by atomic mass is 79.9. The first-order chi connectivity index (χ1) is 6.04. The van der Waals surface area contributed by atoms with Gasteiger partial charge in [0.2, 0.25) is 0 Å². The summed E-state index contributed by atoms with van der Waals surface area (Å²) in [4.78, 5) is 9.96. The Balaban J connectivity index is 3.20. The van der Waals surface area contributed by atoms with E-state index >= 15 is 0 Å². The zero-order valence-electron chi connectivity index (χ0n) is 6.85. The average Bonchev–Trinajstić information content (AvgIpc) is 2.03. The molecule has 0 N–H and O–H groups in total. The number of ketones is 1. The smallest absolute Gasteiger partial charge is 0.148 e. The molecule has 0 fully saturated rings. The molecule has 0 radical (unpaired) electrons. The van der Waals surface area contributed by atoms with Crippen molar-refractivity contribution in [2.75, 3.05) is 0 Å². The van der Waals surface area contributed by atoms with Crippen molar-refractivity contribution >= 4 is 21.7 Å². The van der Waals surface area contributed by atoms with Crippen molar-refractivity contribution in [1.82, 2.24) is 0 Å². The van der Waals surface area contributed by atoms with Crippen LogP contribution in [0.3, 0.4) is 0 Å². The zero-order chi connectivity index (χ0) is 10.0. The number of carbonyl (C=O) groups excluding carboxylic acids is 1. The van der Waals surface area contributed by atoms with E-state index in [9.17, 15) is 13.6 Å². The second kappa shape index (κ2) is 3.96. The molecule has 13 heavy (non-hydrogen) atoms. The molecule has 0 aliphatic heterocycles. The molecule has 70 valence electrons. The number of rotatable bonds is 2. The molecule has 0 spiro atoms. The maximum Gasteiger partial charge on any atom is 0.148 e. The monoisotopic (exact) mass is 248 g/mol. The summed E-state index contributed by atoms with van der Waals surface area (Å²) in [5.74, 6) is -1.75. The minimum Gasteiger partial charge on any atom is -0.298 e. The number of hydrogen-bond donors (Lipinski definition) is 0. The number of hydrogen-bond acceptors (Lipinski definition) is 1. The van der Waals surface area contributed by atoms with E-state index in [-0.39, 0.29) is 11.3 Å². The van der Waals surface area contributed by atoms with Gasteiger partial charge in [0.05, 0.1) is 0 Å². The Bertz CT molecular complexity index is 318. The van der Waals surface area contributed by atoms with Gasteiger partial charge < -0.3 is 0 Å². The van der Waals surface area contributed by atoms with E-state index in [1.54, 1.807) is 0 Å². The first-order valence-electron chi connectivity index (χ1n) is 3.62. The highest BCUT2D eigenvalue weighted by molar-refractivity contribution is 9.09. The lowest BCUT2D eigenvalue weighted by Crippen LogP contribution is -2.06. The van der Waals surface area contributed by atoms with Crippen LogP contribution in [0.1, 0.15) is 17.3 Å². The van der Waals surface area contributed by atoms with E-state index < -0.39 is 16.5 Å². The molecule has 0 aliphatic rings. The third-order valence-electron chi connectivity index (χ3n) is 1.61. The van der Waals surface area contributed by atoms with E-state index in [0.29, 0.717) is 0 Å². The number of Topliss-reactive ketones (excluding diaryl/α,β-unsaturated/α-hetero) is 1. The minimum atomic E-state index is -0.909. The van der Waals surface area contributed by atoms with Gasteiger partial charge in [0.15, 0.2) is 0 Å². The molecule has 1 unspecified atom stereocenters. The standard InChI is InChI=1S/C9H7BrF2O/c1-5(13)9(10)8-6(11)3-2-4-7(8)12/h2-4,9H,1H3. The molecule has 0 aliphatic carbocycles. The van der Waals surface area contributed by atoms with Crippen molar-refractivity contribution in [2.45, 2.75) is 11.8 Å². The lowest BCUT2D eigenvalue weighted by Gasteiger charge is -2.08. The summed E-state index contributed by atoms with van der Waals surface area (Å²) in [6.45, 7) is 1.27. The molecular formula is C9H7BrF2O. The first kappa shape index (κ1) is 10.3. The van der Waals surface area contributed by atoms with Gasteiger partial charge in [-0.3, -0.25) is 4.79 Å². The van der Waals surface area contributed by atoms with Gasteiger partial charge in [-0.1, -0.05) is 22.0 Å². The minimum absolute atomic E-state index is 0.227. The third kappa shape index (κ3) is 2.12. The number of benzene rings is 1. The molecule has 0 aromatic heterocycles. The zero-order valence-corrected chi connectivity index (χ0v) is 8.44. The van der Waals surface area contributed by atoms with Crippen LogP contribution in [0.15, 0.2) is 18.2 Å². The summed E-state index contributed by atoms with van der Waals surface area (Å²) in [6, 6.07) is 3.50. The predicted octanol–water partition coefficient (Wildman–Crippen LogP) is 2.99.